The van der Waals surface area contributed by atoms with Crippen molar-refractivity contribution >= 4 is 5.91 Å². The van der Waals surface area contributed by atoms with Gasteiger partial charge in [0.2, 0.25) is 0 Å². The second-order valence-electron chi connectivity index (χ2n) is 5.54. The maximum Gasteiger partial charge on any atom is 0.255 e. The summed E-state index contributed by atoms with van der Waals surface area (Å²) in [6.45, 7) is 4.58. The molecule has 1 aromatic carbocycles. The summed E-state index contributed by atoms with van der Waals surface area (Å²) in [5, 5.41) is 3.04. The van der Waals surface area contributed by atoms with Crippen LogP contribution in [0.4, 0.5) is 0 Å². The molecule has 6 nitrogen and oxygen atoms in total. The lowest BCUT2D eigenvalue weighted by Crippen LogP contribution is -2.50. The maximum atomic E-state index is 12.7. The van der Waals surface area contributed by atoms with E-state index in [1.54, 1.807) is 12.1 Å². The highest BCUT2D eigenvalue weighted by atomic mass is 16.5. The molecular formula is C16H23NO5. The Morgan fingerprint density at radius 3 is 2.27 bits per heavy atom. The molecule has 0 radical (unpaired) electrons. The molecule has 0 spiro atoms. The van der Waals surface area contributed by atoms with Crippen LogP contribution in [-0.4, -0.2) is 45.5 Å². The highest BCUT2D eigenvalue weighted by Crippen LogP contribution is 2.35. The average Bonchev–Trinajstić information content (AvgIpc) is 2.84. The Labute approximate surface area is 130 Å². The van der Waals surface area contributed by atoms with Crippen molar-refractivity contribution in [1.82, 2.24) is 5.32 Å². The Balaban J connectivity index is 2.32. The molecule has 0 aliphatic carbocycles. The van der Waals surface area contributed by atoms with Gasteiger partial charge in [-0.05, 0) is 20.3 Å². The minimum absolute atomic E-state index is 0.0393. The number of ether oxygens (including phenoxy) is 4. The second-order valence-corrected chi connectivity index (χ2v) is 5.54. The third kappa shape index (κ3) is 2.97. The van der Waals surface area contributed by atoms with Gasteiger partial charge in [-0.15, -0.1) is 0 Å². The molecule has 1 aliphatic heterocycles. The maximum absolute atomic E-state index is 12.7. The van der Waals surface area contributed by atoms with Crippen molar-refractivity contribution < 1.29 is 23.7 Å². The second kappa shape index (κ2) is 6.44. The van der Waals surface area contributed by atoms with Gasteiger partial charge in [-0.3, -0.25) is 4.79 Å². The fourth-order valence-electron chi connectivity index (χ4n) is 2.53. The number of rotatable bonds is 5. The molecule has 1 N–H and O–H groups in total. The third-order valence-electron chi connectivity index (χ3n) is 4.24. The predicted molar refractivity (Wildman–Crippen MR) is 82.0 cm³/mol. The molecule has 2 atom stereocenters. The number of methoxy groups -OCH3 is 3. The molecule has 2 rings (SSSR count). The fourth-order valence-corrected chi connectivity index (χ4v) is 2.53. The van der Waals surface area contributed by atoms with Crippen LogP contribution in [-0.2, 0) is 4.74 Å². The van der Waals surface area contributed by atoms with Crippen LogP contribution in [0.1, 0.15) is 30.6 Å². The van der Waals surface area contributed by atoms with Crippen molar-refractivity contribution in [2.45, 2.75) is 31.9 Å². The molecule has 0 aromatic heterocycles. The van der Waals surface area contributed by atoms with E-state index in [0.717, 1.165) is 6.42 Å². The Hall–Kier alpha value is -1.95. The predicted octanol–water partition coefficient (Wildman–Crippen LogP) is 2.01. The Morgan fingerprint density at radius 1 is 1.18 bits per heavy atom. The first-order chi connectivity index (χ1) is 10.4. The molecule has 0 saturated carbocycles. The number of amides is 1. The lowest BCUT2D eigenvalue weighted by molar-refractivity contribution is 0.0725. The van der Waals surface area contributed by atoms with Crippen molar-refractivity contribution in [3.8, 4) is 17.2 Å². The summed E-state index contributed by atoms with van der Waals surface area (Å²) in [5.74, 6) is 1.21. The molecule has 6 heteroatoms. The largest absolute Gasteiger partial charge is 0.496 e. The van der Waals surface area contributed by atoms with E-state index in [2.05, 4.69) is 5.32 Å². The Morgan fingerprint density at radius 2 is 1.77 bits per heavy atom. The van der Waals surface area contributed by atoms with Crippen LogP contribution in [0.15, 0.2) is 12.1 Å². The molecule has 0 unspecified atom stereocenters. The van der Waals surface area contributed by atoms with E-state index >= 15 is 0 Å². The van der Waals surface area contributed by atoms with Gasteiger partial charge in [-0.1, -0.05) is 0 Å². The van der Waals surface area contributed by atoms with E-state index in [-0.39, 0.29) is 12.0 Å². The third-order valence-corrected chi connectivity index (χ3v) is 4.24. The molecule has 1 heterocycles. The number of benzene rings is 1. The zero-order chi connectivity index (χ0) is 16.3. The van der Waals surface area contributed by atoms with Gasteiger partial charge in [-0.25, -0.2) is 0 Å². The van der Waals surface area contributed by atoms with Crippen molar-refractivity contribution in [3.05, 3.63) is 17.7 Å². The molecule has 22 heavy (non-hydrogen) atoms. The van der Waals surface area contributed by atoms with Crippen LogP contribution in [0.25, 0.3) is 0 Å². The van der Waals surface area contributed by atoms with E-state index in [1.807, 2.05) is 13.8 Å². The van der Waals surface area contributed by atoms with Crippen LogP contribution >= 0.6 is 0 Å². The summed E-state index contributed by atoms with van der Waals surface area (Å²) >= 11 is 0. The van der Waals surface area contributed by atoms with Gasteiger partial charge in [0.1, 0.15) is 5.75 Å². The van der Waals surface area contributed by atoms with E-state index in [0.29, 0.717) is 29.4 Å². The molecule has 1 aromatic rings. The summed E-state index contributed by atoms with van der Waals surface area (Å²) in [7, 11) is 4.58. The van der Waals surface area contributed by atoms with Gasteiger partial charge < -0.3 is 24.3 Å². The van der Waals surface area contributed by atoms with Gasteiger partial charge in [0.05, 0.1) is 38.5 Å². The van der Waals surface area contributed by atoms with Crippen molar-refractivity contribution in [3.63, 3.8) is 0 Å². The molecule has 0 bridgehead atoms. The number of hydrogen-bond donors (Lipinski definition) is 1. The van der Waals surface area contributed by atoms with E-state index in [4.69, 9.17) is 18.9 Å². The first-order valence-corrected chi connectivity index (χ1v) is 7.19. The molecule has 1 amide bonds. The normalized spacial score (nSPS) is 24.0. The standard InChI is InChI=1S/C16H23NO5/c1-10-16(2,6-7-22-10)17-15(18)11-8-13(20-4)14(21-5)9-12(11)19-3/h8-10H,6-7H2,1-5H3,(H,17,18)/t10-,16+/m0/s1. The van der Waals surface area contributed by atoms with E-state index in [9.17, 15) is 4.79 Å². The molecule has 122 valence electrons. The van der Waals surface area contributed by atoms with E-state index in [1.165, 1.54) is 21.3 Å². The minimum atomic E-state index is -0.394. The molecular weight excluding hydrogens is 286 g/mol. The molecule has 1 fully saturated rings. The van der Waals surface area contributed by atoms with Crippen molar-refractivity contribution in [2.75, 3.05) is 27.9 Å². The lowest BCUT2D eigenvalue weighted by Gasteiger charge is -2.29. The van der Waals surface area contributed by atoms with Gasteiger partial charge in [0.15, 0.2) is 11.5 Å². The summed E-state index contributed by atoms with van der Waals surface area (Å²) in [5.41, 5.74) is 0.00962. The van der Waals surface area contributed by atoms with Crippen LogP contribution in [0.2, 0.25) is 0 Å². The number of carbonyl (C=O) groups is 1. The van der Waals surface area contributed by atoms with Gasteiger partial charge in [0, 0.05) is 18.7 Å². The van der Waals surface area contributed by atoms with Gasteiger partial charge in [0.25, 0.3) is 5.91 Å². The SMILES string of the molecule is COc1cc(OC)c(C(=O)N[C@]2(C)CCO[C@H]2C)cc1OC. The topological polar surface area (TPSA) is 66.0 Å². The molecule has 1 aliphatic rings. The highest BCUT2D eigenvalue weighted by molar-refractivity contribution is 5.98. The first kappa shape index (κ1) is 16.4. The van der Waals surface area contributed by atoms with Crippen LogP contribution in [0.5, 0.6) is 17.2 Å². The first-order valence-electron chi connectivity index (χ1n) is 7.19. The van der Waals surface area contributed by atoms with Crippen molar-refractivity contribution in [2.24, 2.45) is 0 Å². The zero-order valence-corrected chi connectivity index (χ0v) is 13.7. The highest BCUT2D eigenvalue weighted by Gasteiger charge is 2.39. The Bertz CT molecular complexity index is 560. The lowest BCUT2D eigenvalue weighted by atomic mass is 9.94. The monoisotopic (exact) mass is 309 g/mol. The van der Waals surface area contributed by atoms with Crippen molar-refractivity contribution in [1.29, 1.82) is 0 Å². The average molecular weight is 309 g/mol. The quantitative estimate of drug-likeness (QED) is 0.901. The number of nitrogens with one attached hydrogen (secondary N) is 1. The van der Waals surface area contributed by atoms with Crippen LogP contribution < -0.4 is 19.5 Å². The summed E-state index contributed by atoms with van der Waals surface area (Å²) in [6, 6.07) is 3.27. The van der Waals surface area contributed by atoms with Gasteiger partial charge >= 0.3 is 0 Å². The molecule has 1 saturated heterocycles. The number of hydrogen-bond acceptors (Lipinski definition) is 5. The minimum Gasteiger partial charge on any atom is -0.496 e. The van der Waals surface area contributed by atoms with Crippen LogP contribution in [0, 0.1) is 0 Å². The summed E-state index contributed by atoms with van der Waals surface area (Å²) in [6.07, 6.45) is 0.734. The Kier molecular flexibility index (Phi) is 4.81. The fraction of sp³-hybridized carbons (Fsp3) is 0.562. The van der Waals surface area contributed by atoms with Crippen LogP contribution in [0.3, 0.4) is 0 Å². The number of carbonyl (C=O) groups excluding carboxylic acids is 1. The van der Waals surface area contributed by atoms with E-state index < -0.39 is 5.54 Å². The zero-order valence-electron chi connectivity index (χ0n) is 13.7. The summed E-state index contributed by atoms with van der Waals surface area (Å²) in [4.78, 5) is 12.7. The van der Waals surface area contributed by atoms with Gasteiger partial charge in [-0.2, -0.15) is 0 Å². The smallest absolute Gasteiger partial charge is 0.255 e. The summed E-state index contributed by atoms with van der Waals surface area (Å²) < 4.78 is 21.3.